The van der Waals surface area contributed by atoms with Gasteiger partial charge in [-0.05, 0) is 24.8 Å². The minimum atomic E-state index is -0.973. The Bertz CT molecular complexity index is 703. The van der Waals surface area contributed by atoms with E-state index >= 15 is 0 Å². The number of hydrogen-bond donors (Lipinski definition) is 3. The molecule has 3 atom stereocenters. The minimum Gasteiger partial charge on any atom is -0.480 e. The third kappa shape index (κ3) is 4.90. The SMILES string of the molecule is CC(=O)N[C@H]1C[C@@H](C(=O)O)N(CC(=O)NC2CCCCC2)[C@H]1c1ccccc1. The van der Waals surface area contributed by atoms with E-state index in [1.807, 2.05) is 30.3 Å². The molecule has 0 bridgehead atoms. The van der Waals surface area contributed by atoms with Crippen molar-refractivity contribution in [1.29, 1.82) is 0 Å². The molecule has 3 N–H and O–H groups in total. The van der Waals surface area contributed by atoms with Crippen molar-refractivity contribution >= 4 is 17.8 Å². The molecule has 2 aliphatic rings. The van der Waals surface area contributed by atoms with Crippen LogP contribution in [0.3, 0.4) is 0 Å². The number of carboxylic acids is 1. The summed E-state index contributed by atoms with van der Waals surface area (Å²) >= 11 is 0. The molecule has 1 saturated carbocycles. The van der Waals surface area contributed by atoms with Crippen LogP contribution in [0.25, 0.3) is 0 Å². The maximum Gasteiger partial charge on any atom is 0.321 e. The number of carbonyl (C=O) groups is 3. The molecule has 1 aliphatic carbocycles. The van der Waals surface area contributed by atoms with Crippen LogP contribution in [0.5, 0.6) is 0 Å². The van der Waals surface area contributed by atoms with E-state index in [1.54, 1.807) is 4.90 Å². The number of carboxylic acid groups (broad SMARTS) is 1. The number of nitrogens with one attached hydrogen (secondary N) is 2. The summed E-state index contributed by atoms with van der Waals surface area (Å²) in [5.41, 5.74) is 0.899. The second kappa shape index (κ2) is 9.19. The van der Waals surface area contributed by atoms with Gasteiger partial charge < -0.3 is 15.7 Å². The van der Waals surface area contributed by atoms with Gasteiger partial charge in [0, 0.05) is 13.0 Å². The fraction of sp³-hybridized carbons (Fsp3) is 0.571. The summed E-state index contributed by atoms with van der Waals surface area (Å²) in [6, 6.07) is 8.12. The average molecular weight is 387 g/mol. The summed E-state index contributed by atoms with van der Waals surface area (Å²) < 4.78 is 0. The first-order chi connectivity index (χ1) is 13.5. The Balaban J connectivity index is 1.81. The molecule has 7 nitrogen and oxygen atoms in total. The highest BCUT2D eigenvalue weighted by Crippen LogP contribution is 2.36. The van der Waals surface area contributed by atoms with E-state index in [9.17, 15) is 19.5 Å². The third-order valence-electron chi connectivity index (χ3n) is 5.73. The Morgan fingerprint density at radius 1 is 1.07 bits per heavy atom. The van der Waals surface area contributed by atoms with E-state index in [2.05, 4.69) is 10.6 Å². The van der Waals surface area contributed by atoms with Crippen molar-refractivity contribution in [3.63, 3.8) is 0 Å². The molecule has 28 heavy (non-hydrogen) atoms. The molecule has 0 unspecified atom stereocenters. The molecule has 1 aromatic rings. The maximum atomic E-state index is 12.7. The lowest BCUT2D eigenvalue weighted by atomic mass is 9.95. The quantitative estimate of drug-likeness (QED) is 0.692. The topological polar surface area (TPSA) is 98.7 Å². The Morgan fingerprint density at radius 2 is 1.75 bits per heavy atom. The number of nitrogens with zero attached hydrogens (tertiary/aromatic N) is 1. The Labute approximate surface area is 165 Å². The molecular weight excluding hydrogens is 358 g/mol. The fourth-order valence-electron chi connectivity index (χ4n) is 4.54. The zero-order chi connectivity index (χ0) is 20.1. The number of carbonyl (C=O) groups excluding carboxylic acids is 2. The lowest BCUT2D eigenvalue weighted by molar-refractivity contribution is -0.143. The van der Waals surface area contributed by atoms with Crippen LogP contribution >= 0.6 is 0 Å². The van der Waals surface area contributed by atoms with Crippen molar-refractivity contribution in [2.24, 2.45) is 0 Å². The van der Waals surface area contributed by atoms with Gasteiger partial charge in [-0.3, -0.25) is 19.3 Å². The summed E-state index contributed by atoms with van der Waals surface area (Å²) in [6.07, 6.45) is 5.65. The standard InChI is InChI=1S/C21H29N3O4/c1-14(25)22-17-12-18(21(27)28)24(20(17)15-8-4-2-5-9-15)13-19(26)23-16-10-6-3-7-11-16/h2,4-5,8-9,16-18,20H,3,6-7,10-13H2,1H3,(H,22,25)(H,23,26)(H,27,28)/t17-,18-,20-/m0/s1. The van der Waals surface area contributed by atoms with Crippen LogP contribution in [0, 0.1) is 0 Å². The van der Waals surface area contributed by atoms with Gasteiger partial charge in [0.05, 0.1) is 18.6 Å². The van der Waals surface area contributed by atoms with E-state index in [1.165, 1.54) is 13.3 Å². The predicted octanol–water partition coefficient (Wildman–Crippen LogP) is 1.84. The van der Waals surface area contributed by atoms with Gasteiger partial charge in [-0.1, -0.05) is 49.6 Å². The molecule has 0 spiro atoms. The lowest BCUT2D eigenvalue weighted by Gasteiger charge is -2.31. The van der Waals surface area contributed by atoms with Gasteiger partial charge in [-0.2, -0.15) is 0 Å². The molecule has 7 heteroatoms. The summed E-state index contributed by atoms with van der Waals surface area (Å²) in [5, 5.41) is 15.7. The maximum absolute atomic E-state index is 12.7. The van der Waals surface area contributed by atoms with Crippen molar-refractivity contribution in [2.75, 3.05) is 6.54 Å². The zero-order valence-corrected chi connectivity index (χ0v) is 16.3. The highest BCUT2D eigenvalue weighted by Gasteiger charge is 2.46. The van der Waals surface area contributed by atoms with Crippen LogP contribution in [0.15, 0.2) is 30.3 Å². The van der Waals surface area contributed by atoms with Gasteiger partial charge in [0.15, 0.2) is 0 Å². The van der Waals surface area contributed by atoms with Crippen LogP contribution in [0.4, 0.5) is 0 Å². The monoisotopic (exact) mass is 387 g/mol. The Kier molecular flexibility index (Phi) is 6.67. The van der Waals surface area contributed by atoms with Crippen LogP contribution in [0.1, 0.15) is 57.1 Å². The van der Waals surface area contributed by atoms with E-state index in [0.717, 1.165) is 31.2 Å². The molecular formula is C21H29N3O4. The molecule has 0 aromatic heterocycles. The van der Waals surface area contributed by atoms with Gasteiger partial charge in [0.2, 0.25) is 11.8 Å². The van der Waals surface area contributed by atoms with E-state index in [4.69, 9.17) is 0 Å². The Hall–Kier alpha value is -2.41. The van der Waals surface area contributed by atoms with Crippen LogP contribution in [-0.2, 0) is 14.4 Å². The van der Waals surface area contributed by atoms with Crippen LogP contribution < -0.4 is 10.6 Å². The zero-order valence-electron chi connectivity index (χ0n) is 16.3. The highest BCUT2D eigenvalue weighted by atomic mass is 16.4. The number of likely N-dealkylation sites (tertiary alicyclic amines) is 1. The van der Waals surface area contributed by atoms with Crippen LogP contribution in [0.2, 0.25) is 0 Å². The number of rotatable bonds is 6. The summed E-state index contributed by atoms with van der Waals surface area (Å²) in [6.45, 7) is 1.43. The molecule has 1 saturated heterocycles. The van der Waals surface area contributed by atoms with E-state index < -0.39 is 12.0 Å². The smallest absolute Gasteiger partial charge is 0.321 e. The van der Waals surface area contributed by atoms with E-state index in [0.29, 0.717) is 0 Å². The van der Waals surface area contributed by atoms with Crippen LogP contribution in [-0.4, -0.2) is 52.5 Å². The van der Waals surface area contributed by atoms with Crippen molar-refractivity contribution in [2.45, 2.75) is 69.6 Å². The highest BCUT2D eigenvalue weighted by molar-refractivity contribution is 5.81. The molecule has 2 fully saturated rings. The van der Waals surface area contributed by atoms with E-state index in [-0.39, 0.29) is 42.9 Å². The fourth-order valence-corrected chi connectivity index (χ4v) is 4.54. The van der Waals surface area contributed by atoms with Crippen molar-refractivity contribution < 1.29 is 19.5 Å². The first-order valence-corrected chi connectivity index (χ1v) is 10.1. The number of benzene rings is 1. The summed E-state index contributed by atoms with van der Waals surface area (Å²) in [4.78, 5) is 38.0. The Morgan fingerprint density at radius 3 is 2.36 bits per heavy atom. The van der Waals surface area contributed by atoms with Crippen molar-refractivity contribution in [3.8, 4) is 0 Å². The predicted molar refractivity (Wildman–Crippen MR) is 105 cm³/mol. The number of aliphatic carboxylic acids is 1. The number of amides is 2. The van der Waals surface area contributed by atoms with Gasteiger partial charge in [-0.15, -0.1) is 0 Å². The second-order valence-electron chi connectivity index (χ2n) is 7.83. The molecule has 0 radical (unpaired) electrons. The van der Waals surface area contributed by atoms with Crippen molar-refractivity contribution in [3.05, 3.63) is 35.9 Å². The first-order valence-electron chi connectivity index (χ1n) is 10.1. The summed E-state index contributed by atoms with van der Waals surface area (Å²) in [5.74, 6) is -1.33. The average Bonchev–Trinajstić information content (AvgIpc) is 3.00. The molecule has 1 aromatic carbocycles. The van der Waals surface area contributed by atoms with Gasteiger partial charge in [0.25, 0.3) is 0 Å². The molecule has 1 aliphatic heterocycles. The molecule has 152 valence electrons. The molecule has 3 rings (SSSR count). The van der Waals surface area contributed by atoms with Gasteiger partial charge in [0.1, 0.15) is 6.04 Å². The van der Waals surface area contributed by atoms with Crippen molar-refractivity contribution in [1.82, 2.24) is 15.5 Å². The second-order valence-corrected chi connectivity index (χ2v) is 7.83. The number of hydrogen-bond acceptors (Lipinski definition) is 4. The lowest BCUT2D eigenvalue weighted by Crippen LogP contribution is -2.47. The third-order valence-corrected chi connectivity index (χ3v) is 5.73. The molecule has 1 heterocycles. The minimum absolute atomic E-state index is 0.00309. The first kappa shape index (κ1) is 20.3. The molecule has 2 amide bonds. The van der Waals surface area contributed by atoms with Gasteiger partial charge >= 0.3 is 5.97 Å². The van der Waals surface area contributed by atoms with Gasteiger partial charge in [-0.25, -0.2) is 0 Å². The normalized spacial score (nSPS) is 26.0. The summed E-state index contributed by atoms with van der Waals surface area (Å²) in [7, 11) is 0. The largest absolute Gasteiger partial charge is 0.480 e.